The van der Waals surface area contributed by atoms with Gasteiger partial charge in [-0.3, -0.25) is 0 Å². The average molecular weight is 335 g/mol. The van der Waals surface area contributed by atoms with Crippen LogP contribution < -0.4 is 0 Å². The normalized spacial score (nSPS) is 42.1. The van der Waals surface area contributed by atoms with E-state index in [4.69, 9.17) is 4.43 Å². The molecule has 6 atom stereocenters. The molecule has 3 aliphatic carbocycles. The fraction of sp³-hybridized carbons (Fsp3) is 0.905. The molecule has 0 bridgehead atoms. The first-order chi connectivity index (χ1) is 10.5. The van der Waals surface area contributed by atoms with Crippen LogP contribution in [0.15, 0.2) is 12.2 Å². The third-order valence-corrected chi connectivity index (χ3v) is 12.6. The van der Waals surface area contributed by atoms with Gasteiger partial charge in [-0.25, -0.2) is 0 Å². The second-order valence-electron chi connectivity index (χ2n) is 10.8. The highest BCUT2D eigenvalue weighted by molar-refractivity contribution is 6.74. The van der Waals surface area contributed by atoms with Crippen molar-refractivity contribution in [2.75, 3.05) is 6.61 Å². The molecule has 0 N–H and O–H groups in total. The van der Waals surface area contributed by atoms with Crippen molar-refractivity contribution in [3.05, 3.63) is 12.2 Å². The largest absolute Gasteiger partial charge is 0.417 e. The molecule has 2 fully saturated rings. The van der Waals surface area contributed by atoms with Crippen LogP contribution in [-0.2, 0) is 4.43 Å². The summed E-state index contributed by atoms with van der Waals surface area (Å²) in [4.78, 5) is 0. The lowest BCUT2D eigenvalue weighted by atomic mass is 9.76. The molecule has 0 aromatic heterocycles. The smallest absolute Gasteiger partial charge is 0.191 e. The quantitative estimate of drug-likeness (QED) is 0.445. The van der Waals surface area contributed by atoms with Gasteiger partial charge in [0.2, 0.25) is 0 Å². The summed E-state index contributed by atoms with van der Waals surface area (Å²) in [6.07, 6.45) is 7.87. The van der Waals surface area contributed by atoms with E-state index in [2.05, 4.69) is 66.8 Å². The van der Waals surface area contributed by atoms with E-state index in [1.807, 2.05) is 0 Å². The summed E-state index contributed by atoms with van der Waals surface area (Å²) in [6.45, 7) is 20.3. The molecule has 132 valence electrons. The third kappa shape index (κ3) is 2.88. The molecule has 0 spiro atoms. The fourth-order valence-corrected chi connectivity index (χ4v) is 6.43. The lowest BCUT2D eigenvalue weighted by molar-refractivity contribution is 0.142. The van der Waals surface area contributed by atoms with Gasteiger partial charge < -0.3 is 4.43 Å². The summed E-state index contributed by atoms with van der Waals surface area (Å²) in [7, 11) is -1.62. The van der Waals surface area contributed by atoms with Crippen LogP contribution in [0.3, 0.4) is 0 Å². The summed E-state index contributed by atoms with van der Waals surface area (Å²) < 4.78 is 6.64. The van der Waals surface area contributed by atoms with Gasteiger partial charge in [0.05, 0.1) is 0 Å². The first-order valence-corrected chi connectivity index (χ1v) is 12.7. The Morgan fingerprint density at radius 3 is 2.39 bits per heavy atom. The number of allylic oxidation sites excluding steroid dienone is 2. The number of fused-ring (bicyclic) bond motifs is 3. The second-order valence-corrected chi connectivity index (χ2v) is 15.6. The van der Waals surface area contributed by atoms with E-state index in [1.54, 1.807) is 0 Å². The van der Waals surface area contributed by atoms with Crippen molar-refractivity contribution in [2.45, 2.75) is 72.5 Å². The van der Waals surface area contributed by atoms with Crippen molar-refractivity contribution in [1.29, 1.82) is 0 Å². The lowest BCUT2D eigenvalue weighted by Gasteiger charge is -2.39. The molecule has 1 nitrogen and oxygen atoms in total. The van der Waals surface area contributed by atoms with Gasteiger partial charge in [-0.2, -0.15) is 0 Å². The maximum Gasteiger partial charge on any atom is 0.191 e. The van der Waals surface area contributed by atoms with Crippen molar-refractivity contribution in [3.8, 4) is 0 Å². The zero-order valence-electron chi connectivity index (χ0n) is 16.6. The van der Waals surface area contributed by atoms with Gasteiger partial charge in [-0.1, -0.05) is 53.7 Å². The number of hydrogen-bond donors (Lipinski definition) is 0. The molecule has 2 saturated carbocycles. The zero-order valence-corrected chi connectivity index (χ0v) is 17.6. The first-order valence-electron chi connectivity index (χ1n) is 9.79. The van der Waals surface area contributed by atoms with Crippen LogP contribution in [0.4, 0.5) is 0 Å². The van der Waals surface area contributed by atoms with Crippen molar-refractivity contribution in [3.63, 3.8) is 0 Å². The Morgan fingerprint density at radius 1 is 1.13 bits per heavy atom. The zero-order chi connectivity index (χ0) is 17.2. The third-order valence-electron chi connectivity index (χ3n) is 8.10. The molecule has 23 heavy (non-hydrogen) atoms. The van der Waals surface area contributed by atoms with E-state index in [1.165, 1.54) is 12.8 Å². The molecule has 0 heterocycles. The molecular weight excluding hydrogens is 296 g/mol. The van der Waals surface area contributed by atoms with Gasteiger partial charge in [0.25, 0.3) is 0 Å². The van der Waals surface area contributed by atoms with E-state index in [0.717, 1.165) is 42.1 Å². The van der Waals surface area contributed by atoms with Gasteiger partial charge in [0.15, 0.2) is 8.32 Å². The van der Waals surface area contributed by atoms with E-state index in [-0.39, 0.29) is 0 Å². The molecule has 0 aromatic rings. The predicted molar refractivity (Wildman–Crippen MR) is 102 cm³/mol. The van der Waals surface area contributed by atoms with Gasteiger partial charge in [-0.15, -0.1) is 0 Å². The molecule has 0 amide bonds. The summed E-state index contributed by atoms with van der Waals surface area (Å²) in [5.41, 5.74) is 0.592. The van der Waals surface area contributed by atoms with E-state index >= 15 is 0 Å². The Kier molecular flexibility index (Phi) is 4.21. The van der Waals surface area contributed by atoms with Crippen LogP contribution in [0.5, 0.6) is 0 Å². The SMILES string of the molecule is C[C@@H]1C=C[C@@H]2[C@@H](CO[Si](C)(C)C(C)(C)C)CC[C@@H]3[C@H]([C@@H]21)C3(C)C. The summed E-state index contributed by atoms with van der Waals surface area (Å²) in [5.74, 6) is 5.09. The van der Waals surface area contributed by atoms with Crippen molar-refractivity contribution >= 4 is 8.32 Å². The first kappa shape index (κ1) is 17.7. The highest BCUT2D eigenvalue weighted by atomic mass is 28.4. The lowest BCUT2D eigenvalue weighted by Crippen LogP contribution is -2.42. The van der Waals surface area contributed by atoms with Crippen LogP contribution in [-0.4, -0.2) is 14.9 Å². The summed E-state index contributed by atoms with van der Waals surface area (Å²) in [6, 6.07) is 0. The molecular formula is C21H38OSi. The molecule has 3 rings (SSSR count). The number of rotatable bonds is 3. The van der Waals surface area contributed by atoms with Gasteiger partial charge in [0, 0.05) is 6.61 Å². The summed E-state index contributed by atoms with van der Waals surface area (Å²) >= 11 is 0. The topological polar surface area (TPSA) is 9.23 Å². The van der Waals surface area contributed by atoms with Crippen LogP contribution in [0.25, 0.3) is 0 Å². The van der Waals surface area contributed by atoms with Gasteiger partial charge >= 0.3 is 0 Å². The average Bonchev–Trinajstić information content (AvgIpc) is 2.82. The predicted octanol–water partition coefficient (Wildman–Crippen LogP) is 6.13. The minimum atomic E-state index is -1.62. The van der Waals surface area contributed by atoms with Crippen LogP contribution in [0.1, 0.15) is 54.4 Å². The van der Waals surface area contributed by atoms with E-state index in [0.29, 0.717) is 10.5 Å². The van der Waals surface area contributed by atoms with Crippen molar-refractivity contribution < 1.29 is 4.43 Å². The Balaban J connectivity index is 1.71. The van der Waals surface area contributed by atoms with Crippen LogP contribution in [0, 0.1) is 40.9 Å². The highest BCUT2D eigenvalue weighted by Crippen LogP contribution is 2.69. The molecule has 0 saturated heterocycles. The molecule has 0 aliphatic heterocycles. The monoisotopic (exact) mass is 334 g/mol. The standard InChI is InChI=1S/C21H38OSi/c1-14-9-11-16-15(13-22-23(7,8)20(2,3)4)10-12-17-19(18(14)16)21(17,5)6/h9,11,14-19H,10,12-13H2,1-8H3/t14-,15-,16-,17-,18-,19-/m1/s1. The highest BCUT2D eigenvalue weighted by Gasteiger charge is 2.64. The molecule has 2 heteroatoms. The van der Waals surface area contributed by atoms with Gasteiger partial charge in [0.1, 0.15) is 0 Å². The van der Waals surface area contributed by atoms with Crippen molar-refractivity contribution in [1.82, 2.24) is 0 Å². The Hall–Kier alpha value is -0.0831. The van der Waals surface area contributed by atoms with Crippen LogP contribution in [0.2, 0.25) is 18.1 Å². The van der Waals surface area contributed by atoms with Gasteiger partial charge in [-0.05, 0) is 71.9 Å². The fourth-order valence-electron chi connectivity index (χ4n) is 5.36. The second kappa shape index (κ2) is 5.46. The molecule has 0 radical (unpaired) electrons. The molecule has 3 aliphatic rings. The minimum Gasteiger partial charge on any atom is -0.417 e. The maximum atomic E-state index is 6.64. The van der Waals surface area contributed by atoms with Crippen molar-refractivity contribution in [2.24, 2.45) is 40.9 Å². The minimum absolute atomic E-state index is 0.320. The van der Waals surface area contributed by atoms with Crippen LogP contribution >= 0.6 is 0 Å². The molecule has 0 aromatic carbocycles. The number of hydrogen-bond acceptors (Lipinski definition) is 1. The van der Waals surface area contributed by atoms with E-state index in [9.17, 15) is 0 Å². The summed E-state index contributed by atoms with van der Waals surface area (Å²) in [5, 5.41) is 0.320. The Labute approximate surface area is 145 Å². The Morgan fingerprint density at radius 2 is 1.78 bits per heavy atom. The maximum absolute atomic E-state index is 6.64. The molecule has 0 unspecified atom stereocenters. The Bertz CT molecular complexity index is 485. The van der Waals surface area contributed by atoms with E-state index < -0.39 is 8.32 Å².